The number of hydrogen-bond donors (Lipinski definition) is 1. The molecule has 0 unspecified atom stereocenters. The van der Waals surface area contributed by atoms with Gasteiger partial charge in [-0.05, 0) is 30.3 Å². The summed E-state index contributed by atoms with van der Waals surface area (Å²) in [7, 11) is 4.66. The van der Waals surface area contributed by atoms with Crippen LogP contribution in [0, 0.1) is 0 Å². The zero-order valence-corrected chi connectivity index (χ0v) is 17.2. The molecule has 4 aromatic rings. The molecule has 5 rings (SSSR count). The van der Waals surface area contributed by atoms with Crippen LogP contribution in [-0.4, -0.2) is 47.2 Å². The normalized spacial score (nSPS) is 12.9. The number of H-pyrrole nitrogens is 1. The average Bonchev–Trinajstić information content (AvgIpc) is 3.40. The van der Waals surface area contributed by atoms with E-state index in [9.17, 15) is 4.79 Å². The van der Waals surface area contributed by atoms with Gasteiger partial charge >= 0.3 is 0 Å². The first-order valence-electron chi connectivity index (χ1n) is 9.55. The average molecular weight is 417 g/mol. The number of hydrogen-bond acceptors (Lipinski definition) is 7. The first kappa shape index (κ1) is 18.9. The number of ether oxygens (including phenoxy) is 3. The number of aromatic amines is 1. The van der Waals surface area contributed by atoms with E-state index in [1.165, 1.54) is 0 Å². The molecular formula is C22H19N5O4. The van der Waals surface area contributed by atoms with Crippen LogP contribution in [0.15, 0.2) is 42.9 Å². The van der Waals surface area contributed by atoms with Gasteiger partial charge < -0.3 is 19.2 Å². The number of rotatable bonds is 5. The van der Waals surface area contributed by atoms with Crippen molar-refractivity contribution in [2.75, 3.05) is 26.2 Å². The number of methoxy groups -OCH3 is 3. The van der Waals surface area contributed by atoms with Crippen LogP contribution in [-0.2, 0) is 11.2 Å². The number of nitrogens with zero attached hydrogens (tertiary/aromatic N) is 4. The molecule has 2 aromatic carbocycles. The fourth-order valence-corrected chi connectivity index (χ4v) is 3.75. The molecule has 1 amide bonds. The maximum Gasteiger partial charge on any atom is 0.238 e. The van der Waals surface area contributed by atoms with Gasteiger partial charge in [-0.15, -0.1) is 0 Å². The number of amides is 1. The van der Waals surface area contributed by atoms with Crippen molar-refractivity contribution in [2.24, 2.45) is 0 Å². The summed E-state index contributed by atoms with van der Waals surface area (Å²) in [5.74, 6) is 1.94. The Hall–Kier alpha value is -4.14. The van der Waals surface area contributed by atoms with Crippen LogP contribution < -0.4 is 19.1 Å². The number of anilines is 2. The largest absolute Gasteiger partial charge is 0.493 e. The van der Waals surface area contributed by atoms with Crippen LogP contribution in [0.5, 0.6) is 17.2 Å². The molecule has 1 aliphatic heterocycles. The number of carbonyl (C=O) groups is 1. The summed E-state index contributed by atoms with van der Waals surface area (Å²) in [6.45, 7) is 0. The lowest BCUT2D eigenvalue weighted by atomic mass is 10.1. The Bertz CT molecular complexity index is 1290. The van der Waals surface area contributed by atoms with Crippen molar-refractivity contribution < 1.29 is 19.0 Å². The molecule has 1 aliphatic rings. The molecule has 0 spiro atoms. The van der Waals surface area contributed by atoms with E-state index in [-0.39, 0.29) is 12.3 Å². The van der Waals surface area contributed by atoms with Crippen LogP contribution in [0.2, 0.25) is 0 Å². The molecular weight excluding hydrogens is 398 g/mol. The number of aromatic nitrogens is 4. The molecule has 0 bridgehead atoms. The van der Waals surface area contributed by atoms with E-state index < -0.39 is 0 Å². The highest BCUT2D eigenvalue weighted by Gasteiger charge is 2.32. The number of fused-ring (bicyclic) bond motifs is 2. The van der Waals surface area contributed by atoms with Gasteiger partial charge in [0.2, 0.25) is 11.7 Å². The Labute approximate surface area is 177 Å². The van der Waals surface area contributed by atoms with Gasteiger partial charge in [-0.3, -0.25) is 14.7 Å². The minimum absolute atomic E-state index is 0.0871. The van der Waals surface area contributed by atoms with Crippen molar-refractivity contribution in [3.63, 3.8) is 0 Å². The van der Waals surface area contributed by atoms with E-state index in [0.29, 0.717) is 40.1 Å². The molecule has 2 aromatic heterocycles. The smallest absolute Gasteiger partial charge is 0.238 e. The molecule has 0 aliphatic carbocycles. The molecule has 31 heavy (non-hydrogen) atoms. The molecule has 0 saturated heterocycles. The van der Waals surface area contributed by atoms with E-state index in [2.05, 4.69) is 15.0 Å². The minimum Gasteiger partial charge on any atom is -0.493 e. The van der Waals surface area contributed by atoms with Crippen LogP contribution >= 0.6 is 0 Å². The summed E-state index contributed by atoms with van der Waals surface area (Å²) in [4.78, 5) is 31.0. The van der Waals surface area contributed by atoms with Gasteiger partial charge in [0, 0.05) is 5.56 Å². The highest BCUT2D eigenvalue weighted by atomic mass is 16.5. The molecule has 0 atom stereocenters. The molecule has 1 N–H and O–H groups in total. The van der Waals surface area contributed by atoms with Gasteiger partial charge in [0.05, 0.1) is 68.4 Å². The van der Waals surface area contributed by atoms with Gasteiger partial charge in [-0.25, -0.2) is 9.97 Å². The van der Waals surface area contributed by atoms with E-state index in [0.717, 1.165) is 16.6 Å². The Morgan fingerprint density at radius 1 is 1.00 bits per heavy atom. The molecule has 0 saturated carbocycles. The highest BCUT2D eigenvalue weighted by Crippen LogP contribution is 2.42. The van der Waals surface area contributed by atoms with Gasteiger partial charge in [0.15, 0.2) is 17.3 Å². The van der Waals surface area contributed by atoms with E-state index in [1.807, 2.05) is 18.2 Å². The topological polar surface area (TPSA) is 102 Å². The summed E-state index contributed by atoms with van der Waals surface area (Å²) in [5, 5.41) is 0. The molecule has 0 fully saturated rings. The highest BCUT2D eigenvalue weighted by molar-refractivity contribution is 6.06. The molecule has 9 nitrogen and oxygen atoms in total. The number of carbonyl (C=O) groups excluding carboxylic acids is 1. The molecule has 9 heteroatoms. The monoisotopic (exact) mass is 417 g/mol. The summed E-state index contributed by atoms with van der Waals surface area (Å²) in [5.41, 5.74) is 4.32. The Balaban J connectivity index is 1.61. The lowest BCUT2D eigenvalue weighted by Gasteiger charge is -2.17. The molecule has 0 radical (unpaired) electrons. The quantitative estimate of drug-likeness (QED) is 0.532. The zero-order chi connectivity index (χ0) is 21.5. The van der Waals surface area contributed by atoms with Crippen molar-refractivity contribution in [1.82, 2.24) is 19.9 Å². The fraction of sp³-hybridized carbons (Fsp3) is 0.182. The van der Waals surface area contributed by atoms with Crippen molar-refractivity contribution in [3.8, 4) is 28.5 Å². The summed E-state index contributed by atoms with van der Waals surface area (Å²) >= 11 is 0. The van der Waals surface area contributed by atoms with Crippen molar-refractivity contribution in [1.29, 1.82) is 0 Å². The van der Waals surface area contributed by atoms with E-state index in [4.69, 9.17) is 19.2 Å². The van der Waals surface area contributed by atoms with Gasteiger partial charge in [-0.2, -0.15) is 0 Å². The maximum atomic E-state index is 12.8. The lowest BCUT2D eigenvalue weighted by molar-refractivity contribution is -0.116. The maximum absolute atomic E-state index is 12.8. The van der Waals surface area contributed by atoms with E-state index >= 15 is 0 Å². The first-order valence-corrected chi connectivity index (χ1v) is 9.55. The second-order valence-corrected chi connectivity index (χ2v) is 6.95. The number of nitrogens with one attached hydrogen (secondary N) is 1. The van der Waals surface area contributed by atoms with Gasteiger partial charge in [-0.1, -0.05) is 0 Å². The van der Waals surface area contributed by atoms with Gasteiger partial charge in [0.25, 0.3) is 0 Å². The number of benzene rings is 2. The molecule has 156 valence electrons. The van der Waals surface area contributed by atoms with Crippen LogP contribution in [0.25, 0.3) is 22.3 Å². The third kappa shape index (κ3) is 3.02. The van der Waals surface area contributed by atoms with Crippen LogP contribution in [0.1, 0.15) is 5.69 Å². The number of imidazole rings is 1. The van der Waals surface area contributed by atoms with Crippen molar-refractivity contribution >= 4 is 28.4 Å². The predicted molar refractivity (Wildman–Crippen MR) is 114 cm³/mol. The van der Waals surface area contributed by atoms with Crippen molar-refractivity contribution in [3.05, 3.63) is 48.5 Å². The standard InChI is InChI=1S/C22H19N5O4/c1-29-18-6-12(7-19(30-2)21(18)31-3)17-10-23-16-9-20(28)27(22(16)26-17)13-4-5-14-15(8-13)25-11-24-14/h4-8,10-11H,9H2,1-3H3,(H,24,25). The summed E-state index contributed by atoms with van der Waals surface area (Å²) in [6, 6.07) is 9.20. The van der Waals surface area contributed by atoms with Crippen LogP contribution in [0.4, 0.5) is 11.5 Å². The Kier molecular flexibility index (Phi) is 4.43. The second-order valence-electron chi connectivity index (χ2n) is 6.95. The second kappa shape index (κ2) is 7.28. The van der Waals surface area contributed by atoms with Crippen LogP contribution in [0.3, 0.4) is 0 Å². The predicted octanol–water partition coefficient (Wildman–Crippen LogP) is 3.27. The van der Waals surface area contributed by atoms with Crippen molar-refractivity contribution in [2.45, 2.75) is 6.42 Å². The lowest BCUT2D eigenvalue weighted by Crippen LogP contribution is -2.21. The summed E-state index contributed by atoms with van der Waals surface area (Å²) < 4.78 is 16.3. The van der Waals surface area contributed by atoms with Gasteiger partial charge in [0.1, 0.15) is 0 Å². The molecule has 3 heterocycles. The Morgan fingerprint density at radius 3 is 2.48 bits per heavy atom. The minimum atomic E-state index is -0.0871. The van der Waals surface area contributed by atoms with E-state index in [1.54, 1.807) is 50.9 Å². The third-order valence-electron chi connectivity index (χ3n) is 5.23. The SMILES string of the molecule is COc1cc(-c2cnc3c(n2)N(c2ccc4nc[nH]c4c2)C(=O)C3)cc(OC)c1OC. The third-order valence-corrected chi connectivity index (χ3v) is 5.23. The fourth-order valence-electron chi connectivity index (χ4n) is 3.75. The first-order chi connectivity index (χ1) is 15.1. The zero-order valence-electron chi connectivity index (χ0n) is 17.2. The Morgan fingerprint density at radius 2 is 1.77 bits per heavy atom. The summed E-state index contributed by atoms with van der Waals surface area (Å²) in [6.07, 6.45) is 3.46.